The number of carbonyl (C=O) groups excluding carboxylic acids is 1. The summed E-state index contributed by atoms with van der Waals surface area (Å²) in [5.74, 6) is 0.426. The Hall–Kier alpha value is -0.500. The molecule has 1 unspecified atom stereocenters. The number of nitrogens with one attached hydrogen (secondary N) is 3. The second kappa shape index (κ2) is 11.1. The number of carbonyl (C=O) groups is 1. The zero-order valence-corrected chi connectivity index (χ0v) is 14.7. The second-order valence-corrected chi connectivity index (χ2v) is 5.11. The molecule has 0 spiro atoms. The Labute approximate surface area is 151 Å². The minimum atomic E-state index is -0.416. The molecular weight excluding hydrogens is 374 g/mol. The van der Waals surface area contributed by atoms with Gasteiger partial charge in [0.1, 0.15) is 11.9 Å². The van der Waals surface area contributed by atoms with E-state index in [9.17, 15) is 4.79 Å². The molecule has 22 heavy (non-hydrogen) atoms. The molecule has 1 saturated heterocycles. The lowest BCUT2D eigenvalue weighted by atomic mass is 10.3. The summed E-state index contributed by atoms with van der Waals surface area (Å²) < 4.78 is 5.34. The van der Waals surface area contributed by atoms with E-state index in [1.807, 2.05) is 0 Å². The average molecular weight is 392 g/mol. The molecule has 1 atom stereocenters. The Morgan fingerprint density at radius 1 is 1.41 bits per heavy atom. The second-order valence-electron chi connectivity index (χ2n) is 4.27. The van der Waals surface area contributed by atoms with Crippen LogP contribution in [-0.2, 0) is 9.53 Å². The molecule has 1 fully saturated rings. The lowest BCUT2D eigenvalue weighted by Crippen LogP contribution is -2.48. The van der Waals surface area contributed by atoms with Gasteiger partial charge in [-0.25, -0.2) is 4.98 Å². The van der Waals surface area contributed by atoms with Crippen molar-refractivity contribution in [2.24, 2.45) is 0 Å². The van der Waals surface area contributed by atoms with Crippen LogP contribution >= 0.6 is 48.0 Å². The van der Waals surface area contributed by atoms with Gasteiger partial charge in [-0.05, 0) is 6.07 Å². The van der Waals surface area contributed by atoms with E-state index in [4.69, 9.17) is 27.9 Å². The molecule has 1 aromatic heterocycles. The van der Waals surface area contributed by atoms with Gasteiger partial charge in [-0.15, -0.1) is 24.8 Å². The molecule has 0 saturated carbocycles. The monoisotopic (exact) mass is 390 g/mol. The Bertz CT molecular complexity index is 472. The maximum absolute atomic E-state index is 11.8. The highest BCUT2D eigenvalue weighted by atomic mass is 35.5. The summed E-state index contributed by atoms with van der Waals surface area (Å²) >= 11 is 11.7. The number of morpholine rings is 1. The summed E-state index contributed by atoms with van der Waals surface area (Å²) in [6.45, 7) is 2.86. The Morgan fingerprint density at radius 2 is 2.18 bits per heavy atom. The fraction of sp³-hybridized carbons (Fsp3) is 0.500. The van der Waals surface area contributed by atoms with Gasteiger partial charge in [0.25, 0.3) is 5.91 Å². The van der Waals surface area contributed by atoms with Crippen LogP contribution in [0.15, 0.2) is 12.3 Å². The van der Waals surface area contributed by atoms with Crippen molar-refractivity contribution in [2.45, 2.75) is 6.10 Å². The van der Waals surface area contributed by atoms with Crippen molar-refractivity contribution in [2.75, 3.05) is 38.1 Å². The van der Waals surface area contributed by atoms with E-state index in [0.29, 0.717) is 42.1 Å². The van der Waals surface area contributed by atoms with E-state index in [0.717, 1.165) is 6.54 Å². The minimum absolute atomic E-state index is 0. The molecule has 126 valence electrons. The van der Waals surface area contributed by atoms with Crippen LogP contribution in [0.25, 0.3) is 0 Å². The van der Waals surface area contributed by atoms with Crippen molar-refractivity contribution >= 4 is 59.7 Å². The molecular formula is C12H18Cl4N4O2. The van der Waals surface area contributed by atoms with Crippen LogP contribution in [0.5, 0.6) is 0 Å². The third-order valence-corrected chi connectivity index (χ3v) is 3.24. The Kier molecular flexibility index (Phi) is 10.8. The number of amides is 1. The maximum atomic E-state index is 11.8. The molecule has 6 nitrogen and oxygen atoms in total. The summed E-state index contributed by atoms with van der Waals surface area (Å²) in [5.41, 5.74) is 0. The first kappa shape index (κ1) is 21.5. The summed E-state index contributed by atoms with van der Waals surface area (Å²) in [6, 6.07) is 1.61. The van der Waals surface area contributed by atoms with Crippen molar-refractivity contribution < 1.29 is 9.53 Å². The third kappa shape index (κ3) is 6.73. The first-order valence-corrected chi connectivity index (χ1v) is 7.07. The van der Waals surface area contributed by atoms with E-state index in [2.05, 4.69) is 20.9 Å². The largest absolute Gasteiger partial charge is 0.367 e. The minimum Gasteiger partial charge on any atom is -0.367 e. The van der Waals surface area contributed by atoms with Crippen LogP contribution in [-0.4, -0.2) is 49.8 Å². The molecule has 0 radical (unpaired) electrons. The van der Waals surface area contributed by atoms with E-state index < -0.39 is 6.10 Å². The third-order valence-electron chi connectivity index (χ3n) is 2.74. The van der Waals surface area contributed by atoms with Gasteiger partial charge in [0.15, 0.2) is 0 Å². The molecule has 10 heteroatoms. The SMILES string of the molecule is Cl.Cl.O=C(NCCNc1ncc(Cl)cc1Cl)C1CNCCO1. The fourth-order valence-electron chi connectivity index (χ4n) is 1.76. The van der Waals surface area contributed by atoms with Gasteiger partial charge in [0.2, 0.25) is 0 Å². The Morgan fingerprint density at radius 3 is 2.82 bits per heavy atom. The fourth-order valence-corrected chi connectivity index (χ4v) is 2.21. The molecule has 1 amide bonds. The van der Waals surface area contributed by atoms with Gasteiger partial charge < -0.3 is 20.7 Å². The highest BCUT2D eigenvalue weighted by Gasteiger charge is 2.20. The molecule has 1 aliphatic heterocycles. The van der Waals surface area contributed by atoms with Crippen LogP contribution < -0.4 is 16.0 Å². The zero-order valence-electron chi connectivity index (χ0n) is 11.6. The smallest absolute Gasteiger partial charge is 0.250 e. The predicted octanol–water partition coefficient (Wildman–Crippen LogP) is 1.75. The number of nitrogens with zero attached hydrogens (tertiary/aromatic N) is 1. The van der Waals surface area contributed by atoms with Crippen molar-refractivity contribution in [1.29, 1.82) is 0 Å². The van der Waals surface area contributed by atoms with Gasteiger partial charge in [0, 0.05) is 32.4 Å². The van der Waals surface area contributed by atoms with E-state index in [1.54, 1.807) is 6.07 Å². The van der Waals surface area contributed by atoms with Crippen LogP contribution in [0, 0.1) is 0 Å². The van der Waals surface area contributed by atoms with Crippen molar-refractivity contribution in [1.82, 2.24) is 15.6 Å². The molecule has 0 bridgehead atoms. The number of hydrogen-bond donors (Lipinski definition) is 3. The van der Waals surface area contributed by atoms with E-state index in [1.165, 1.54) is 6.20 Å². The van der Waals surface area contributed by atoms with Gasteiger partial charge in [-0.1, -0.05) is 23.2 Å². The van der Waals surface area contributed by atoms with Crippen molar-refractivity contribution in [3.8, 4) is 0 Å². The van der Waals surface area contributed by atoms with Crippen LogP contribution in [0.3, 0.4) is 0 Å². The van der Waals surface area contributed by atoms with Crippen molar-refractivity contribution in [3.05, 3.63) is 22.3 Å². The first-order valence-electron chi connectivity index (χ1n) is 6.32. The molecule has 1 aliphatic rings. The summed E-state index contributed by atoms with van der Waals surface area (Å²) in [4.78, 5) is 15.8. The molecule has 0 aliphatic carbocycles. The summed E-state index contributed by atoms with van der Waals surface area (Å²) in [7, 11) is 0. The van der Waals surface area contributed by atoms with E-state index in [-0.39, 0.29) is 30.7 Å². The number of pyridine rings is 1. The average Bonchev–Trinajstić information content (AvgIpc) is 2.46. The highest BCUT2D eigenvalue weighted by Crippen LogP contribution is 2.21. The maximum Gasteiger partial charge on any atom is 0.250 e. The molecule has 2 rings (SSSR count). The highest BCUT2D eigenvalue weighted by molar-refractivity contribution is 6.35. The first-order chi connectivity index (χ1) is 9.66. The Balaban J connectivity index is 0.00000220. The number of aromatic nitrogens is 1. The van der Waals surface area contributed by atoms with Crippen LogP contribution in [0.4, 0.5) is 5.82 Å². The normalized spacial score (nSPS) is 16.9. The summed E-state index contributed by atoms with van der Waals surface area (Å²) in [6.07, 6.45) is 1.09. The lowest BCUT2D eigenvalue weighted by molar-refractivity contribution is -0.134. The van der Waals surface area contributed by atoms with Gasteiger partial charge >= 0.3 is 0 Å². The number of rotatable bonds is 5. The number of hydrogen-bond acceptors (Lipinski definition) is 5. The van der Waals surface area contributed by atoms with Crippen LogP contribution in [0.2, 0.25) is 10.0 Å². The number of anilines is 1. The molecule has 1 aromatic rings. The standard InChI is InChI=1S/C12H16Cl2N4O2.2ClH/c13-8-5-9(14)11(18-6-8)16-1-2-17-12(19)10-7-15-3-4-20-10;;/h5-6,10,15H,1-4,7H2,(H,16,18)(H,17,19);2*1H. The predicted molar refractivity (Wildman–Crippen MR) is 92.9 cm³/mol. The topological polar surface area (TPSA) is 75.3 Å². The lowest BCUT2D eigenvalue weighted by Gasteiger charge is -2.22. The molecule has 3 N–H and O–H groups in total. The van der Waals surface area contributed by atoms with Crippen LogP contribution in [0.1, 0.15) is 0 Å². The number of halogens is 4. The van der Waals surface area contributed by atoms with Crippen molar-refractivity contribution in [3.63, 3.8) is 0 Å². The zero-order chi connectivity index (χ0) is 14.4. The van der Waals surface area contributed by atoms with E-state index >= 15 is 0 Å². The molecule has 0 aromatic carbocycles. The van der Waals surface area contributed by atoms with Gasteiger partial charge in [-0.2, -0.15) is 0 Å². The quantitative estimate of drug-likeness (QED) is 0.666. The summed E-state index contributed by atoms with van der Waals surface area (Å²) in [5, 5.41) is 9.85. The van der Waals surface area contributed by atoms with Gasteiger partial charge in [-0.3, -0.25) is 4.79 Å². The number of ether oxygens (including phenoxy) is 1. The van der Waals surface area contributed by atoms with Gasteiger partial charge in [0.05, 0.1) is 16.7 Å². The molecule has 2 heterocycles.